The number of hydrogen-bond acceptors (Lipinski definition) is 4. The molecule has 0 spiro atoms. The number of nitro groups is 1. The van der Waals surface area contributed by atoms with E-state index in [9.17, 15) is 10.1 Å². The molecule has 4 aromatic rings. The topological polar surface area (TPSA) is 55.6 Å². The minimum absolute atomic E-state index is 0.0517. The summed E-state index contributed by atoms with van der Waals surface area (Å²) in [6.07, 6.45) is 0.721. The van der Waals surface area contributed by atoms with Crippen molar-refractivity contribution in [3.05, 3.63) is 148 Å². The van der Waals surface area contributed by atoms with Crippen LogP contribution < -0.4 is 0 Å². The van der Waals surface area contributed by atoms with Crippen LogP contribution in [0.2, 0.25) is 0 Å². The van der Waals surface area contributed by atoms with Gasteiger partial charge in [0, 0.05) is 18.2 Å². The molecular formula is C30H30N2O3. The summed E-state index contributed by atoms with van der Waals surface area (Å²) in [5, 5.41) is 11.1. The molecule has 0 bridgehead atoms. The highest BCUT2D eigenvalue weighted by molar-refractivity contribution is 5.47. The number of nitrogens with zero attached hydrogens (tertiary/aromatic N) is 2. The summed E-state index contributed by atoms with van der Waals surface area (Å²) in [5.74, 6) is 0. The van der Waals surface area contributed by atoms with E-state index in [1.165, 1.54) is 0 Å². The van der Waals surface area contributed by atoms with E-state index < -0.39 is 5.60 Å². The van der Waals surface area contributed by atoms with Crippen molar-refractivity contribution in [1.29, 1.82) is 0 Å². The fourth-order valence-corrected chi connectivity index (χ4v) is 4.63. The molecular weight excluding hydrogens is 436 g/mol. The molecule has 5 heteroatoms. The largest absolute Gasteiger partial charge is 0.361 e. The van der Waals surface area contributed by atoms with Crippen molar-refractivity contribution in [2.75, 3.05) is 20.7 Å². The minimum atomic E-state index is -0.768. The van der Waals surface area contributed by atoms with Crippen LogP contribution in [-0.4, -0.2) is 30.5 Å². The van der Waals surface area contributed by atoms with Crippen molar-refractivity contribution in [2.24, 2.45) is 0 Å². The highest BCUT2D eigenvalue weighted by atomic mass is 16.6. The maximum atomic E-state index is 11.1. The fraction of sp³-hybridized carbons (Fsp3) is 0.200. The van der Waals surface area contributed by atoms with Crippen LogP contribution in [0.15, 0.2) is 115 Å². The summed E-state index contributed by atoms with van der Waals surface area (Å²) in [4.78, 5) is 12.8. The SMILES string of the molecule is CN(C)C(CCOC(c1ccccc1)(c1ccccc1)c1ccccc1)c1ccc([N+](=O)[O-])cc1. The predicted octanol–water partition coefficient (Wildman–Crippen LogP) is 6.60. The monoisotopic (exact) mass is 466 g/mol. The zero-order chi connectivity index (χ0) is 24.7. The number of ether oxygens (including phenoxy) is 1. The number of hydrogen-bond donors (Lipinski definition) is 0. The van der Waals surface area contributed by atoms with E-state index in [2.05, 4.69) is 41.3 Å². The van der Waals surface area contributed by atoms with Gasteiger partial charge < -0.3 is 9.64 Å². The molecule has 1 unspecified atom stereocenters. The van der Waals surface area contributed by atoms with Crippen LogP contribution in [0.5, 0.6) is 0 Å². The fourth-order valence-electron chi connectivity index (χ4n) is 4.63. The van der Waals surface area contributed by atoms with Gasteiger partial charge in [-0.05, 0) is 42.8 Å². The maximum absolute atomic E-state index is 11.1. The lowest BCUT2D eigenvalue weighted by Crippen LogP contribution is -2.34. The molecule has 0 fully saturated rings. The zero-order valence-corrected chi connectivity index (χ0v) is 20.1. The van der Waals surface area contributed by atoms with Crippen LogP contribution in [0.3, 0.4) is 0 Å². The molecule has 4 aromatic carbocycles. The number of nitro benzene ring substituents is 1. The van der Waals surface area contributed by atoms with Crippen LogP contribution in [-0.2, 0) is 10.3 Å². The molecule has 0 radical (unpaired) electrons. The first kappa shape index (κ1) is 24.3. The Hall–Kier alpha value is -3.80. The van der Waals surface area contributed by atoms with Crippen LogP contribution in [0.25, 0.3) is 0 Å². The summed E-state index contributed by atoms with van der Waals surface area (Å²) < 4.78 is 6.92. The van der Waals surface area contributed by atoms with Gasteiger partial charge in [0.25, 0.3) is 5.69 Å². The second-order valence-electron chi connectivity index (χ2n) is 8.74. The Morgan fingerprint density at radius 2 is 1.17 bits per heavy atom. The first-order valence-electron chi connectivity index (χ1n) is 11.7. The third kappa shape index (κ3) is 5.32. The highest BCUT2D eigenvalue weighted by Gasteiger charge is 2.37. The maximum Gasteiger partial charge on any atom is 0.269 e. The highest BCUT2D eigenvalue weighted by Crippen LogP contribution is 2.41. The van der Waals surface area contributed by atoms with Crippen LogP contribution >= 0.6 is 0 Å². The molecule has 0 aliphatic heterocycles. The molecule has 4 rings (SSSR count). The number of rotatable bonds is 10. The summed E-state index contributed by atoms with van der Waals surface area (Å²) in [6.45, 7) is 0.485. The third-order valence-corrected chi connectivity index (χ3v) is 6.36. The Kier molecular flexibility index (Phi) is 7.70. The molecule has 35 heavy (non-hydrogen) atoms. The van der Waals surface area contributed by atoms with Crippen molar-refractivity contribution < 1.29 is 9.66 Å². The van der Waals surface area contributed by atoms with Gasteiger partial charge in [0.2, 0.25) is 0 Å². The van der Waals surface area contributed by atoms with Gasteiger partial charge in [0.1, 0.15) is 5.60 Å². The molecule has 0 aromatic heterocycles. The normalized spacial score (nSPS) is 12.4. The standard InChI is InChI=1S/C30H30N2O3/c1-31(2)29(24-18-20-28(21-19-24)32(33)34)22-23-35-30(25-12-6-3-7-13-25,26-14-8-4-9-15-26)27-16-10-5-11-17-27/h3-21,29H,22-23H2,1-2H3. The van der Waals surface area contributed by atoms with Crippen LogP contribution in [0.1, 0.15) is 34.7 Å². The average Bonchev–Trinajstić information content (AvgIpc) is 2.90. The van der Waals surface area contributed by atoms with E-state index in [-0.39, 0.29) is 16.7 Å². The molecule has 0 amide bonds. The van der Waals surface area contributed by atoms with Gasteiger partial charge in [-0.1, -0.05) is 103 Å². The van der Waals surface area contributed by atoms with Gasteiger partial charge in [-0.3, -0.25) is 10.1 Å². The lowest BCUT2D eigenvalue weighted by Gasteiger charge is -2.37. The van der Waals surface area contributed by atoms with Gasteiger partial charge in [0.05, 0.1) is 11.5 Å². The summed E-state index contributed by atoms with van der Waals surface area (Å²) in [5.41, 5.74) is 3.54. The van der Waals surface area contributed by atoms with Gasteiger partial charge in [0.15, 0.2) is 0 Å². The summed E-state index contributed by atoms with van der Waals surface area (Å²) >= 11 is 0. The van der Waals surface area contributed by atoms with Crippen LogP contribution in [0, 0.1) is 10.1 Å². The Morgan fingerprint density at radius 3 is 1.54 bits per heavy atom. The van der Waals surface area contributed by atoms with Crippen LogP contribution in [0.4, 0.5) is 5.69 Å². The van der Waals surface area contributed by atoms with E-state index in [4.69, 9.17) is 4.74 Å². The molecule has 0 saturated carbocycles. The lowest BCUT2D eigenvalue weighted by atomic mass is 9.80. The Balaban J connectivity index is 1.69. The van der Waals surface area contributed by atoms with Gasteiger partial charge in [-0.2, -0.15) is 0 Å². The molecule has 0 N–H and O–H groups in total. The van der Waals surface area contributed by atoms with Crippen molar-refractivity contribution >= 4 is 5.69 Å². The molecule has 178 valence electrons. The number of benzene rings is 4. The van der Waals surface area contributed by atoms with Crippen molar-refractivity contribution in [3.63, 3.8) is 0 Å². The number of non-ortho nitro benzene ring substituents is 1. The van der Waals surface area contributed by atoms with Crippen molar-refractivity contribution in [3.8, 4) is 0 Å². The molecule has 5 nitrogen and oxygen atoms in total. The Morgan fingerprint density at radius 1 is 0.743 bits per heavy atom. The van der Waals surface area contributed by atoms with Gasteiger partial charge in [-0.25, -0.2) is 0 Å². The second kappa shape index (κ2) is 11.1. The first-order valence-corrected chi connectivity index (χ1v) is 11.7. The van der Waals surface area contributed by atoms with E-state index in [0.29, 0.717) is 6.61 Å². The summed E-state index contributed by atoms with van der Waals surface area (Å²) in [6, 6.07) is 37.8. The zero-order valence-electron chi connectivity index (χ0n) is 20.1. The van der Waals surface area contributed by atoms with Crippen molar-refractivity contribution in [1.82, 2.24) is 4.90 Å². The van der Waals surface area contributed by atoms with E-state index >= 15 is 0 Å². The Labute approximate surface area is 206 Å². The first-order chi connectivity index (χ1) is 17.0. The van der Waals surface area contributed by atoms with Gasteiger partial charge >= 0.3 is 0 Å². The molecule has 0 heterocycles. The molecule has 0 aliphatic carbocycles. The smallest absolute Gasteiger partial charge is 0.269 e. The van der Waals surface area contributed by atoms with Gasteiger partial charge in [-0.15, -0.1) is 0 Å². The lowest BCUT2D eigenvalue weighted by molar-refractivity contribution is -0.384. The Bertz CT molecular complexity index is 1110. The minimum Gasteiger partial charge on any atom is -0.361 e. The average molecular weight is 467 g/mol. The van der Waals surface area contributed by atoms with E-state index in [1.54, 1.807) is 12.1 Å². The van der Waals surface area contributed by atoms with E-state index in [1.807, 2.05) is 80.8 Å². The summed E-state index contributed by atoms with van der Waals surface area (Å²) in [7, 11) is 4.04. The second-order valence-corrected chi connectivity index (χ2v) is 8.74. The molecule has 1 atom stereocenters. The predicted molar refractivity (Wildman–Crippen MR) is 139 cm³/mol. The molecule has 0 saturated heterocycles. The third-order valence-electron chi connectivity index (χ3n) is 6.36. The molecule has 0 aliphatic rings. The quantitative estimate of drug-likeness (QED) is 0.150. The van der Waals surface area contributed by atoms with Crippen molar-refractivity contribution in [2.45, 2.75) is 18.1 Å². The van der Waals surface area contributed by atoms with E-state index in [0.717, 1.165) is 28.7 Å².